The van der Waals surface area contributed by atoms with Crippen molar-refractivity contribution in [1.82, 2.24) is 19.1 Å². The average molecular weight is 412 g/mol. The normalized spacial score (nSPS) is 11.5. The minimum absolute atomic E-state index is 0. The number of aromatic nitrogens is 5. The summed E-state index contributed by atoms with van der Waals surface area (Å²) in [4.78, 5) is 24.7. The number of benzene rings is 1. The van der Waals surface area contributed by atoms with Crippen molar-refractivity contribution in [1.29, 1.82) is 0 Å². The first-order valence-electron chi connectivity index (χ1n) is 8.83. The maximum absolute atomic E-state index is 12.5. The summed E-state index contributed by atoms with van der Waals surface area (Å²) in [5.74, 6) is -0.516. The van der Waals surface area contributed by atoms with Crippen LogP contribution in [0, 0.1) is 0 Å². The number of fused-ring (bicyclic) bond motifs is 1. The summed E-state index contributed by atoms with van der Waals surface area (Å²) in [6, 6.07) is 12.8. The van der Waals surface area contributed by atoms with Crippen LogP contribution in [0.3, 0.4) is 0 Å². The summed E-state index contributed by atoms with van der Waals surface area (Å²) >= 11 is 0. The Balaban J connectivity index is 0.00000256. The third-order valence-electron chi connectivity index (χ3n) is 4.55. The Labute approximate surface area is 194 Å². The Morgan fingerprint density at radius 1 is 1.10 bits per heavy atom. The minimum Gasteiger partial charge on any atom is -0.858 e. The molecule has 3 heterocycles. The van der Waals surface area contributed by atoms with Crippen molar-refractivity contribution in [2.45, 2.75) is 6.54 Å². The summed E-state index contributed by atoms with van der Waals surface area (Å²) in [5.41, 5.74) is 0.899. The molecular weight excluding hydrogens is 395 g/mol. The predicted molar refractivity (Wildman–Crippen MR) is 101 cm³/mol. The van der Waals surface area contributed by atoms with Crippen LogP contribution in [-0.2, 0) is 20.6 Å². The molecule has 0 atom stereocenters. The molecule has 10 heteroatoms. The molecule has 1 aromatic heterocycles. The first kappa shape index (κ1) is 21.7. The second kappa shape index (κ2) is 8.78. The minimum atomic E-state index is -0.521. The van der Waals surface area contributed by atoms with Gasteiger partial charge in [-0.3, -0.25) is 9.56 Å². The fourth-order valence-corrected chi connectivity index (χ4v) is 2.94. The van der Waals surface area contributed by atoms with Crippen LogP contribution in [0.2, 0.25) is 0 Å². The molecular formula is C20H17N6NaO3. The molecule has 2 aromatic rings. The van der Waals surface area contributed by atoms with E-state index in [9.17, 15) is 15.0 Å². The van der Waals surface area contributed by atoms with E-state index in [1.807, 2.05) is 30.3 Å². The molecule has 0 saturated heterocycles. The molecule has 4 rings (SSSR count). The average Bonchev–Trinajstić information content (AvgIpc) is 3.21. The fraction of sp³-hybridized carbons (Fsp3) is 0.150. The maximum Gasteiger partial charge on any atom is 1.00 e. The van der Waals surface area contributed by atoms with E-state index >= 15 is 0 Å². The molecule has 1 aromatic carbocycles. The zero-order chi connectivity index (χ0) is 20.5. The SMILES string of the molecule is Cn1c2nc(-[n+]3cccc(C([O-])=NCc4ccccc4)c3)nc-2c([O-])n(C)c1=O.[Na+]. The Morgan fingerprint density at radius 2 is 1.83 bits per heavy atom. The number of hydrogen-bond acceptors (Lipinski definition) is 6. The van der Waals surface area contributed by atoms with Crippen LogP contribution in [0.4, 0.5) is 0 Å². The van der Waals surface area contributed by atoms with Gasteiger partial charge in [0.1, 0.15) is 0 Å². The molecule has 0 saturated carbocycles. The van der Waals surface area contributed by atoms with Crippen molar-refractivity contribution in [3.05, 3.63) is 76.5 Å². The third kappa shape index (κ3) is 4.00. The van der Waals surface area contributed by atoms with Gasteiger partial charge in [-0.1, -0.05) is 35.3 Å². The van der Waals surface area contributed by atoms with E-state index in [0.29, 0.717) is 5.56 Å². The summed E-state index contributed by atoms with van der Waals surface area (Å²) in [7, 11) is 2.91. The largest absolute Gasteiger partial charge is 1.00 e. The monoisotopic (exact) mass is 412 g/mol. The quantitative estimate of drug-likeness (QED) is 0.148. The van der Waals surface area contributed by atoms with Gasteiger partial charge in [0.15, 0.2) is 0 Å². The zero-order valence-corrected chi connectivity index (χ0v) is 18.8. The fourth-order valence-electron chi connectivity index (χ4n) is 2.94. The second-order valence-corrected chi connectivity index (χ2v) is 6.51. The maximum atomic E-state index is 12.5. The molecule has 30 heavy (non-hydrogen) atoms. The van der Waals surface area contributed by atoms with Gasteiger partial charge in [0.2, 0.25) is 5.69 Å². The molecule has 0 spiro atoms. The molecule has 0 radical (unpaired) electrons. The number of aliphatic imine (C=N–C) groups is 1. The molecule has 0 unspecified atom stereocenters. The molecule has 146 valence electrons. The van der Waals surface area contributed by atoms with Crippen molar-refractivity contribution in [2.75, 3.05) is 0 Å². The molecule has 9 nitrogen and oxygen atoms in total. The van der Waals surface area contributed by atoms with Gasteiger partial charge in [-0.15, -0.1) is 0 Å². The number of rotatable bonds is 4. The second-order valence-electron chi connectivity index (χ2n) is 6.51. The van der Waals surface area contributed by atoms with E-state index in [-0.39, 0.29) is 59.5 Å². The summed E-state index contributed by atoms with van der Waals surface area (Å²) in [6.07, 6.45) is 3.21. The van der Waals surface area contributed by atoms with Crippen LogP contribution in [0.5, 0.6) is 5.88 Å². The van der Waals surface area contributed by atoms with E-state index in [1.165, 1.54) is 23.2 Å². The van der Waals surface area contributed by atoms with Gasteiger partial charge in [0.05, 0.1) is 18.9 Å². The number of hydrogen-bond donors (Lipinski definition) is 0. The first-order valence-corrected chi connectivity index (χ1v) is 8.83. The predicted octanol–water partition coefficient (Wildman–Crippen LogP) is -3.72. The molecule has 2 aliphatic rings. The van der Waals surface area contributed by atoms with Crippen molar-refractivity contribution in [3.8, 4) is 23.3 Å². The van der Waals surface area contributed by atoms with Crippen molar-refractivity contribution >= 4 is 5.90 Å². The van der Waals surface area contributed by atoms with Gasteiger partial charge < -0.3 is 14.8 Å². The topological polar surface area (TPSA) is 115 Å². The van der Waals surface area contributed by atoms with Crippen LogP contribution in [-0.4, -0.2) is 25.0 Å². The summed E-state index contributed by atoms with van der Waals surface area (Å²) < 4.78 is 3.76. The van der Waals surface area contributed by atoms with Gasteiger partial charge >= 0.3 is 41.2 Å². The van der Waals surface area contributed by atoms with Crippen LogP contribution >= 0.6 is 0 Å². The first-order chi connectivity index (χ1) is 14.0. The Morgan fingerprint density at radius 3 is 2.57 bits per heavy atom. The summed E-state index contributed by atoms with van der Waals surface area (Å²) in [6.45, 7) is 0.281. The van der Waals surface area contributed by atoms with E-state index < -0.39 is 11.6 Å². The molecule has 0 N–H and O–H groups in total. The van der Waals surface area contributed by atoms with E-state index in [4.69, 9.17) is 0 Å². The number of imidazole rings is 1. The van der Waals surface area contributed by atoms with Gasteiger partial charge in [-0.2, -0.15) is 0 Å². The van der Waals surface area contributed by atoms with Crippen LogP contribution in [0.1, 0.15) is 11.1 Å². The van der Waals surface area contributed by atoms with Crippen LogP contribution in [0.15, 0.2) is 64.6 Å². The van der Waals surface area contributed by atoms with Gasteiger partial charge in [-0.25, -0.2) is 9.36 Å². The Bertz CT molecular complexity index is 1250. The number of nitrogens with zero attached hydrogens (tertiary/aromatic N) is 6. The van der Waals surface area contributed by atoms with Crippen molar-refractivity contribution in [3.63, 3.8) is 0 Å². The van der Waals surface area contributed by atoms with Gasteiger partial charge in [0.25, 0.3) is 5.82 Å². The van der Waals surface area contributed by atoms with Gasteiger partial charge in [-0.05, 0) is 28.6 Å². The van der Waals surface area contributed by atoms with Crippen LogP contribution < -0.4 is 50.0 Å². The Hall–Kier alpha value is -3.01. The Kier molecular flexibility index (Phi) is 6.35. The standard InChI is InChI=1S/C20H18N6O3.Na/c1-24-16-15(18(28)25(2)20(24)29)22-19(23-16)26-10-6-9-14(12-26)17(27)21-11-13-7-4-3-5-8-13;/h3-10,12H,11H2,1-2H3,(H-,21,22,23,27,28);/q;+1/p-1. The third-order valence-corrected chi connectivity index (χ3v) is 4.55. The molecule has 0 fully saturated rings. The number of pyridine rings is 1. The van der Waals surface area contributed by atoms with Gasteiger partial charge in [0, 0.05) is 25.5 Å². The van der Waals surface area contributed by atoms with E-state index in [1.54, 1.807) is 24.5 Å². The van der Waals surface area contributed by atoms with Crippen molar-refractivity contribution in [2.24, 2.45) is 19.1 Å². The summed E-state index contributed by atoms with van der Waals surface area (Å²) in [5, 5.41) is 24.8. The van der Waals surface area contributed by atoms with Crippen LogP contribution in [0.25, 0.3) is 17.5 Å². The van der Waals surface area contributed by atoms with E-state index in [2.05, 4.69) is 15.0 Å². The zero-order valence-electron chi connectivity index (χ0n) is 16.8. The smallest absolute Gasteiger partial charge is 0.858 e. The molecule has 0 aliphatic carbocycles. The molecule has 0 amide bonds. The van der Waals surface area contributed by atoms with Crippen molar-refractivity contribution < 1.29 is 44.3 Å². The van der Waals surface area contributed by atoms with E-state index in [0.717, 1.165) is 10.1 Å². The molecule has 0 bridgehead atoms. The molecule has 2 aliphatic heterocycles.